The average molecular weight is 442 g/mol. The number of urea groups is 1. The van der Waals surface area contributed by atoms with Crippen molar-refractivity contribution in [1.82, 2.24) is 9.47 Å². The van der Waals surface area contributed by atoms with Crippen LogP contribution >= 0.6 is 0 Å². The highest BCUT2D eigenvalue weighted by atomic mass is 19.1. The number of para-hydroxylation sites is 3. The van der Waals surface area contributed by atoms with E-state index in [1.807, 2.05) is 73.8 Å². The second kappa shape index (κ2) is 8.82. The number of carbonyl (C=O) groups excluding carboxylic acids is 1. The fourth-order valence-corrected chi connectivity index (χ4v) is 4.37. The van der Waals surface area contributed by atoms with Gasteiger partial charge >= 0.3 is 6.03 Å². The maximum Gasteiger partial charge on any atom is 0.323 e. The molecule has 5 rings (SSSR count). The molecule has 5 nitrogen and oxygen atoms in total. The lowest BCUT2D eigenvalue weighted by Gasteiger charge is -2.31. The Balaban J connectivity index is 1.61. The Morgan fingerprint density at radius 2 is 1.76 bits per heavy atom. The molecular formula is C27H24FN3O2. The van der Waals surface area contributed by atoms with E-state index >= 15 is 0 Å². The van der Waals surface area contributed by atoms with Crippen LogP contribution in [0.4, 0.5) is 14.9 Å². The molecular weight excluding hydrogens is 417 g/mol. The molecule has 0 saturated heterocycles. The Kier molecular flexibility index (Phi) is 5.57. The first-order valence-electron chi connectivity index (χ1n) is 11.0. The van der Waals surface area contributed by atoms with Gasteiger partial charge in [0.25, 0.3) is 0 Å². The number of anilines is 1. The first-order chi connectivity index (χ1) is 16.2. The van der Waals surface area contributed by atoms with E-state index in [-0.39, 0.29) is 11.8 Å². The van der Waals surface area contributed by atoms with E-state index in [0.29, 0.717) is 24.6 Å². The van der Waals surface area contributed by atoms with Crippen molar-refractivity contribution in [3.63, 3.8) is 0 Å². The third kappa shape index (κ3) is 3.96. The first kappa shape index (κ1) is 20.8. The lowest BCUT2D eigenvalue weighted by molar-refractivity contribution is 0.194. The number of benzene rings is 3. The summed E-state index contributed by atoms with van der Waals surface area (Å²) < 4.78 is 21.5. The van der Waals surface area contributed by atoms with Crippen LogP contribution in [0.5, 0.6) is 5.75 Å². The number of rotatable bonds is 4. The summed E-state index contributed by atoms with van der Waals surface area (Å²) in [5.41, 5.74) is 4.41. The number of fused-ring (bicyclic) bond motifs is 3. The van der Waals surface area contributed by atoms with Gasteiger partial charge in [-0.2, -0.15) is 0 Å². The van der Waals surface area contributed by atoms with Gasteiger partial charge in [-0.05, 0) is 60.5 Å². The molecule has 33 heavy (non-hydrogen) atoms. The fraction of sp³-hybridized carbons (Fsp3) is 0.148. The molecule has 0 unspecified atom stereocenters. The minimum Gasteiger partial charge on any atom is -0.492 e. The van der Waals surface area contributed by atoms with Crippen molar-refractivity contribution in [1.29, 1.82) is 0 Å². The zero-order chi connectivity index (χ0) is 22.8. The van der Waals surface area contributed by atoms with E-state index in [0.717, 1.165) is 22.5 Å². The quantitative estimate of drug-likeness (QED) is 0.413. The van der Waals surface area contributed by atoms with Crippen molar-refractivity contribution in [2.75, 3.05) is 11.9 Å². The van der Waals surface area contributed by atoms with Crippen molar-refractivity contribution >= 4 is 11.7 Å². The zero-order valence-electron chi connectivity index (χ0n) is 18.2. The van der Waals surface area contributed by atoms with Crippen molar-refractivity contribution in [2.45, 2.75) is 19.5 Å². The topological polar surface area (TPSA) is 46.5 Å². The Bertz CT molecular complexity index is 1280. The number of aromatic nitrogens is 1. The van der Waals surface area contributed by atoms with Crippen LogP contribution in [0.25, 0.3) is 5.69 Å². The highest BCUT2D eigenvalue weighted by Gasteiger charge is 2.33. The SMILES string of the molecule is CCOc1ccccc1NC(=O)N1Cc2ccccc2-n2cccc2[C@H]1c1ccc(F)cc1. The van der Waals surface area contributed by atoms with Crippen LogP contribution in [0.15, 0.2) is 91.1 Å². The van der Waals surface area contributed by atoms with Gasteiger partial charge in [0.15, 0.2) is 0 Å². The van der Waals surface area contributed by atoms with Gasteiger partial charge in [-0.3, -0.25) is 0 Å². The van der Waals surface area contributed by atoms with E-state index < -0.39 is 6.04 Å². The second-order valence-corrected chi connectivity index (χ2v) is 7.87. The number of nitrogens with one attached hydrogen (secondary N) is 1. The summed E-state index contributed by atoms with van der Waals surface area (Å²) in [6, 6.07) is 25.1. The van der Waals surface area contributed by atoms with Crippen molar-refractivity contribution < 1.29 is 13.9 Å². The molecule has 0 fully saturated rings. The van der Waals surface area contributed by atoms with Gasteiger partial charge < -0.3 is 19.5 Å². The number of ether oxygens (including phenoxy) is 1. The van der Waals surface area contributed by atoms with E-state index in [4.69, 9.17) is 4.74 Å². The normalized spacial score (nSPS) is 14.7. The van der Waals surface area contributed by atoms with Crippen LogP contribution < -0.4 is 10.1 Å². The lowest BCUT2D eigenvalue weighted by atomic mass is 10.0. The number of carbonyl (C=O) groups is 1. The second-order valence-electron chi connectivity index (χ2n) is 7.87. The van der Waals surface area contributed by atoms with Crippen LogP contribution in [-0.2, 0) is 6.54 Å². The molecule has 2 heterocycles. The Hall–Kier alpha value is -4.06. The van der Waals surface area contributed by atoms with Gasteiger partial charge in [0.2, 0.25) is 0 Å². The minimum atomic E-state index is -0.410. The largest absolute Gasteiger partial charge is 0.492 e. The molecule has 0 saturated carbocycles. The van der Waals surface area contributed by atoms with Crippen LogP contribution in [0.2, 0.25) is 0 Å². The van der Waals surface area contributed by atoms with E-state index in [9.17, 15) is 9.18 Å². The Labute approximate surface area is 192 Å². The molecule has 0 spiro atoms. The Morgan fingerprint density at radius 3 is 2.58 bits per heavy atom. The summed E-state index contributed by atoms with van der Waals surface area (Å²) in [4.78, 5) is 15.5. The average Bonchev–Trinajstić information content (AvgIpc) is 3.26. The number of nitrogens with zero attached hydrogens (tertiary/aromatic N) is 2. The molecule has 1 aromatic heterocycles. The highest BCUT2D eigenvalue weighted by molar-refractivity contribution is 5.91. The molecule has 2 amide bonds. The molecule has 1 atom stereocenters. The monoisotopic (exact) mass is 441 g/mol. The van der Waals surface area contributed by atoms with E-state index in [1.54, 1.807) is 17.0 Å². The summed E-state index contributed by atoms with van der Waals surface area (Å²) in [6.45, 7) is 2.79. The molecule has 0 aliphatic carbocycles. The first-order valence-corrected chi connectivity index (χ1v) is 11.0. The molecule has 166 valence electrons. The number of amides is 2. The van der Waals surface area contributed by atoms with Gasteiger partial charge in [0, 0.05) is 11.9 Å². The summed E-state index contributed by atoms with van der Waals surface area (Å²) in [6.07, 6.45) is 2.00. The van der Waals surface area contributed by atoms with Gasteiger partial charge in [0.1, 0.15) is 11.6 Å². The van der Waals surface area contributed by atoms with Gasteiger partial charge in [-0.15, -0.1) is 0 Å². The molecule has 0 bridgehead atoms. The molecule has 1 aliphatic heterocycles. The van der Waals surface area contributed by atoms with Crippen LogP contribution in [0.1, 0.15) is 29.8 Å². The van der Waals surface area contributed by atoms with Gasteiger partial charge in [-0.1, -0.05) is 42.5 Å². The maximum absolute atomic E-state index is 13.7. The summed E-state index contributed by atoms with van der Waals surface area (Å²) >= 11 is 0. The maximum atomic E-state index is 13.7. The number of hydrogen-bond donors (Lipinski definition) is 1. The molecule has 1 aliphatic rings. The Morgan fingerprint density at radius 1 is 1.00 bits per heavy atom. The smallest absolute Gasteiger partial charge is 0.323 e. The molecule has 1 N–H and O–H groups in total. The van der Waals surface area contributed by atoms with Crippen molar-refractivity contribution in [3.05, 3.63) is 114 Å². The van der Waals surface area contributed by atoms with Gasteiger partial charge in [0.05, 0.1) is 30.6 Å². The summed E-state index contributed by atoms with van der Waals surface area (Å²) in [5.74, 6) is 0.304. The molecule has 0 radical (unpaired) electrons. The third-order valence-corrected chi connectivity index (χ3v) is 5.84. The predicted molar refractivity (Wildman–Crippen MR) is 126 cm³/mol. The van der Waals surface area contributed by atoms with Gasteiger partial charge in [-0.25, -0.2) is 9.18 Å². The molecule has 6 heteroatoms. The van der Waals surface area contributed by atoms with Crippen LogP contribution in [0, 0.1) is 5.82 Å². The van der Waals surface area contributed by atoms with Crippen LogP contribution in [-0.4, -0.2) is 22.1 Å². The highest BCUT2D eigenvalue weighted by Crippen LogP contribution is 2.37. The van der Waals surface area contributed by atoms with Crippen molar-refractivity contribution in [3.8, 4) is 11.4 Å². The number of hydrogen-bond acceptors (Lipinski definition) is 2. The summed E-state index contributed by atoms with van der Waals surface area (Å²) in [7, 11) is 0. The fourth-order valence-electron chi connectivity index (χ4n) is 4.37. The molecule has 3 aromatic carbocycles. The third-order valence-electron chi connectivity index (χ3n) is 5.84. The summed E-state index contributed by atoms with van der Waals surface area (Å²) in [5, 5.41) is 3.04. The minimum absolute atomic E-state index is 0.263. The zero-order valence-corrected chi connectivity index (χ0v) is 18.2. The predicted octanol–water partition coefficient (Wildman–Crippen LogP) is 6.15. The van der Waals surface area contributed by atoms with Crippen molar-refractivity contribution in [2.24, 2.45) is 0 Å². The van der Waals surface area contributed by atoms with Crippen LogP contribution in [0.3, 0.4) is 0 Å². The number of halogens is 1. The molecule has 4 aromatic rings. The van der Waals surface area contributed by atoms with E-state index in [1.165, 1.54) is 12.1 Å². The lowest BCUT2D eigenvalue weighted by Crippen LogP contribution is -2.38. The standard InChI is InChI=1S/C27H24FN3O2/c1-2-33-25-12-6-4-9-22(25)29-27(32)31-18-20-8-3-5-10-23(20)30-17-7-11-24(30)26(31)19-13-15-21(28)16-14-19/h3-17,26H,2,18H2,1H3,(H,29,32)/t26-/m1/s1. The van der Waals surface area contributed by atoms with E-state index in [2.05, 4.69) is 9.88 Å².